The minimum absolute atomic E-state index is 0. The number of nitrogens with zero attached hydrogens (tertiary/aromatic N) is 1. The van der Waals surface area contributed by atoms with Crippen molar-refractivity contribution in [2.24, 2.45) is 0 Å². The van der Waals surface area contributed by atoms with Gasteiger partial charge in [-0.15, -0.1) is 11.3 Å². The number of carboxylic acids is 1. The van der Waals surface area contributed by atoms with Gasteiger partial charge in [0.2, 0.25) is 0 Å². The zero-order valence-electron chi connectivity index (χ0n) is 10.6. The van der Waals surface area contributed by atoms with E-state index in [1.54, 1.807) is 6.07 Å². The SMILES string of the molecule is O=C([S-])CC(C(=O)[O-])c1nc2ccccc2s1.[K+].[K+]. The Labute approximate surface area is 205 Å². The number of carbonyl (C=O) groups is 2. The van der Waals surface area contributed by atoms with Crippen LogP contribution in [0, 0.1) is 0 Å². The predicted molar refractivity (Wildman–Crippen MR) is 64.4 cm³/mol. The number of hydrogen-bond acceptors (Lipinski definition) is 6. The molecule has 1 atom stereocenters. The fourth-order valence-corrected chi connectivity index (χ4v) is 2.70. The molecule has 1 aromatic carbocycles. The van der Waals surface area contributed by atoms with Crippen LogP contribution in [0.25, 0.3) is 10.2 Å². The summed E-state index contributed by atoms with van der Waals surface area (Å²) in [5, 5.41) is 10.7. The monoisotopic (exact) mass is 343 g/mol. The molecule has 0 saturated heterocycles. The molecule has 1 unspecified atom stereocenters. The topological polar surface area (TPSA) is 70.1 Å². The van der Waals surface area contributed by atoms with E-state index in [0.29, 0.717) is 5.01 Å². The number of thiazole rings is 1. The van der Waals surface area contributed by atoms with Crippen molar-refractivity contribution >= 4 is 45.3 Å². The molecule has 19 heavy (non-hydrogen) atoms. The van der Waals surface area contributed by atoms with Crippen LogP contribution in [-0.4, -0.2) is 16.1 Å². The van der Waals surface area contributed by atoms with Crippen molar-refractivity contribution in [2.45, 2.75) is 12.3 Å². The summed E-state index contributed by atoms with van der Waals surface area (Å²) in [7, 11) is 0. The molecule has 0 aliphatic rings. The first-order valence-electron chi connectivity index (χ1n) is 4.84. The molecule has 0 aliphatic carbocycles. The molecule has 0 bridgehead atoms. The number of para-hydroxylation sites is 1. The first-order valence-corrected chi connectivity index (χ1v) is 6.06. The number of aliphatic carboxylic acids is 1. The summed E-state index contributed by atoms with van der Waals surface area (Å²) in [6, 6.07) is 7.30. The smallest absolute Gasteiger partial charge is 0.742 e. The molecule has 88 valence electrons. The number of aromatic nitrogens is 1. The molecule has 0 aliphatic heterocycles. The van der Waals surface area contributed by atoms with E-state index in [1.807, 2.05) is 18.2 Å². The Bertz CT molecular complexity index is 555. The summed E-state index contributed by atoms with van der Waals surface area (Å²) in [4.78, 5) is 26.0. The second-order valence-corrected chi connectivity index (χ2v) is 4.99. The summed E-state index contributed by atoms with van der Waals surface area (Å²) < 4.78 is 0.880. The Morgan fingerprint density at radius 1 is 1.32 bits per heavy atom. The minimum atomic E-state index is -1.32. The first kappa shape index (κ1) is 20.7. The van der Waals surface area contributed by atoms with Crippen LogP contribution in [0.5, 0.6) is 0 Å². The predicted octanol–water partition coefficient (Wildman–Crippen LogP) is -5.40. The van der Waals surface area contributed by atoms with E-state index in [4.69, 9.17) is 0 Å². The quantitative estimate of drug-likeness (QED) is 0.409. The molecule has 0 saturated carbocycles. The zero-order chi connectivity index (χ0) is 12.4. The molecule has 8 heteroatoms. The van der Waals surface area contributed by atoms with Crippen LogP contribution in [0.4, 0.5) is 0 Å². The molecule has 0 spiro atoms. The van der Waals surface area contributed by atoms with Gasteiger partial charge in [-0.2, -0.15) is 0 Å². The van der Waals surface area contributed by atoms with Gasteiger partial charge in [-0.05, 0) is 18.6 Å². The Balaban J connectivity index is 0.00000162. The number of benzene rings is 1. The number of carbonyl (C=O) groups excluding carboxylic acids is 2. The molecule has 2 rings (SSSR count). The van der Waals surface area contributed by atoms with E-state index < -0.39 is 17.0 Å². The van der Waals surface area contributed by atoms with Gasteiger partial charge in [0.15, 0.2) is 0 Å². The average Bonchev–Trinajstić information content (AvgIpc) is 2.68. The van der Waals surface area contributed by atoms with Crippen molar-refractivity contribution in [3.63, 3.8) is 0 Å². The molecule has 0 radical (unpaired) electrons. The zero-order valence-corrected chi connectivity index (χ0v) is 18.5. The fourth-order valence-electron chi connectivity index (χ4n) is 1.48. The Hall–Kier alpha value is 1.74. The standard InChI is InChI=1S/C11H9NO3S2.2K/c13-9(16)5-6(11(14)15)10-12-7-3-1-2-4-8(7)17-10;;/h1-4,6H,5H2,(H,13,16)(H,14,15);;/q;2*+1/p-2. The van der Waals surface area contributed by atoms with Crippen LogP contribution in [-0.2, 0) is 22.2 Å². The Kier molecular flexibility index (Phi) is 10.6. The van der Waals surface area contributed by atoms with Crippen molar-refractivity contribution in [3.05, 3.63) is 29.3 Å². The van der Waals surface area contributed by atoms with Gasteiger partial charge in [0.05, 0.1) is 22.1 Å². The maximum absolute atomic E-state index is 11.0. The number of hydrogen-bond donors (Lipinski definition) is 0. The van der Waals surface area contributed by atoms with Crippen LogP contribution in [0.3, 0.4) is 0 Å². The Morgan fingerprint density at radius 3 is 2.47 bits per heavy atom. The average molecular weight is 344 g/mol. The van der Waals surface area contributed by atoms with Crippen LogP contribution in [0.15, 0.2) is 24.3 Å². The summed E-state index contributed by atoms with van der Waals surface area (Å²) in [6.45, 7) is 0. The second kappa shape index (κ2) is 9.70. The van der Waals surface area contributed by atoms with E-state index >= 15 is 0 Å². The van der Waals surface area contributed by atoms with Gasteiger partial charge in [0, 0.05) is 5.12 Å². The molecule has 1 aromatic heterocycles. The van der Waals surface area contributed by atoms with Gasteiger partial charge < -0.3 is 27.3 Å². The van der Waals surface area contributed by atoms with Crippen LogP contribution >= 0.6 is 11.3 Å². The normalized spacial score (nSPS) is 11.2. The van der Waals surface area contributed by atoms with Crippen molar-refractivity contribution in [1.29, 1.82) is 0 Å². The van der Waals surface area contributed by atoms with E-state index in [1.165, 1.54) is 11.3 Å². The van der Waals surface area contributed by atoms with Crippen LogP contribution in [0.1, 0.15) is 17.3 Å². The number of rotatable bonds is 4. The maximum Gasteiger partial charge on any atom is 1.00 e. The van der Waals surface area contributed by atoms with Gasteiger partial charge in [-0.1, -0.05) is 12.1 Å². The third-order valence-electron chi connectivity index (χ3n) is 2.26. The van der Waals surface area contributed by atoms with Crippen molar-refractivity contribution in [1.82, 2.24) is 4.98 Å². The fraction of sp³-hybridized carbons (Fsp3) is 0.182. The summed E-state index contributed by atoms with van der Waals surface area (Å²) >= 11 is 5.65. The van der Waals surface area contributed by atoms with Gasteiger partial charge in [-0.3, -0.25) is 0 Å². The molecule has 4 nitrogen and oxygen atoms in total. The molecule has 0 fully saturated rings. The molecule has 1 heterocycles. The van der Waals surface area contributed by atoms with Gasteiger partial charge in [0.1, 0.15) is 5.01 Å². The number of fused-ring (bicyclic) bond motifs is 1. The van der Waals surface area contributed by atoms with Gasteiger partial charge >= 0.3 is 103 Å². The van der Waals surface area contributed by atoms with Crippen molar-refractivity contribution < 1.29 is 117 Å². The van der Waals surface area contributed by atoms with E-state index in [0.717, 1.165) is 10.2 Å². The third-order valence-corrected chi connectivity index (χ3v) is 3.58. The number of carboxylic acid groups (broad SMARTS) is 1. The summed E-state index contributed by atoms with van der Waals surface area (Å²) in [5.74, 6) is -2.36. The summed E-state index contributed by atoms with van der Waals surface area (Å²) in [5.41, 5.74) is 0.718. The van der Waals surface area contributed by atoms with E-state index in [9.17, 15) is 14.7 Å². The molecule has 2 aromatic rings. The van der Waals surface area contributed by atoms with Gasteiger partial charge in [0.25, 0.3) is 0 Å². The maximum atomic E-state index is 11.0. The minimum Gasteiger partial charge on any atom is -0.742 e. The molecule has 0 amide bonds. The van der Waals surface area contributed by atoms with Crippen molar-refractivity contribution in [3.8, 4) is 0 Å². The first-order chi connectivity index (χ1) is 8.08. The van der Waals surface area contributed by atoms with E-state index in [-0.39, 0.29) is 109 Å². The van der Waals surface area contributed by atoms with Crippen LogP contribution in [0.2, 0.25) is 0 Å². The summed E-state index contributed by atoms with van der Waals surface area (Å²) in [6.07, 6.45) is -0.252. The van der Waals surface area contributed by atoms with E-state index in [2.05, 4.69) is 17.6 Å². The largest absolute Gasteiger partial charge is 1.00 e. The second-order valence-electron chi connectivity index (χ2n) is 3.47. The molecule has 0 N–H and O–H groups in total. The Morgan fingerprint density at radius 2 is 1.95 bits per heavy atom. The van der Waals surface area contributed by atoms with Crippen molar-refractivity contribution in [2.75, 3.05) is 0 Å². The van der Waals surface area contributed by atoms with Crippen LogP contribution < -0.4 is 108 Å². The third kappa shape index (κ3) is 5.80. The van der Waals surface area contributed by atoms with Gasteiger partial charge in [-0.25, -0.2) is 4.98 Å². The molecular weight excluding hydrogens is 336 g/mol. The molecular formula is C11H7K2NO3S2.